The summed E-state index contributed by atoms with van der Waals surface area (Å²) in [6, 6.07) is 13.6. The number of esters is 1. The average molecular weight is 1050 g/mol. The largest absolute Gasteiger partial charge is 0.491 e. The third kappa shape index (κ3) is 14.8. The number of halogens is 7. The number of aryl methyl sites for hydroxylation is 2. The van der Waals surface area contributed by atoms with E-state index in [4.69, 9.17) is 70.5 Å². The van der Waals surface area contributed by atoms with Crippen LogP contribution < -0.4 is 29.9 Å². The van der Waals surface area contributed by atoms with Crippen LogP contribution in [-0.4, -0.2) is 104 Å². The quantitative estimate of drug-likeness (QED) is 0.0657. The molecule has 1 unspecified atom stereocenters. The lowest BCUT2D eigenvalue weighted by Gasteiger charge is -2.12. The van der Waals surface area contributed by atoms with Crippen LogP contribution in [0.25, 0.3) is 16.6 Å². The molecule has 6 aromatic rings. The molecule has 3 aromatic carbocycles. The number of fused-ring (bicyclic) bond motifs is 1. The predicted octanol–water partition coefficient (Wildman–Crippen LogP) is 6.91. The van der Waals surface area contributed by atoms with Crippen molar-refractivity contribution >= 4 is 91.2 Å². The van der Waals surface area contributed by atoms with Gasteiger partial charge in [0.1, 0.15) is 51.2 Å². The fourth-order valence-corrected chi connectivity index (χ4v) is 7.29. The number of carbonyl (C=O) groups excluding carboxylic acids is 2. The average Bonchev–Trinajstić information content (AvgIpc) is 3.59. The monoisotopic (exact) mass is 1050 g/mol. The fraction of sp³-hybridized carbons (Fsp3) is 0.275. The number of amides is 2. The Morgan fingerprint density at radius 2 is 1.68 bits per heavy atom. The van der Waals surface area contributed by atoms with E-state index in [1.54, 1.807) is 50.4 Å². The van der Waals surface area contributed by atoms with Crippen LogP contribution in [0.4, 0.5) is 23.9 Å². The number of nitrogens with one attached hydrogen (secondary N) is 2. The third-order valence-electron chi connectivity index (χ3n) is 8.33. The Hall–Kier alpha value is -6.47. The number of nitrogens with zero attached hydrogens (tertiary/aromatic N) is 7. The number of anilines is 1. The Morgan fingerprint density at radius 3 is 2.32 bits per heavy atom. The summed E-state index contributed by atoms with van der Waals surface area (Å²) in [5.74, 6) is -2.14. The van der Waals surface area contributed by atoms with Crippen LogP contribution in [0.2, 0.25) is 10.0 Å². The van der Waals surface area contributed by atoms with Crippen LogP contribution >= 0.6 is 46.4 Å². The lowest BCUT2D eigenvalue weighted by Crippen LogP contribution is -2.35. The smallest absolute Gasteiger partial charge is 0.355 e. The van der Waals surface area contributed by atoms with Crippen molar-refractivity contribution in [1.82, 2.24) is 39.0 Å². The Morgan fingerprint density at radius 1 is 0.956 bits per heavy atom. The lowest BCUT2D eigenvalue weighted by atomic mass is 10.1. The van der Waals surface area contributed by atoms with Crippen molar-refractivity contribution in [1.29, 1.82) is 0 Å². The molecule has 6 rings (SSSR count). The number of ether oxygens (including phenoxy) is 4. The van der Waals surface area contributed by atoms with Gasteiger partial charge in [0.25, 0.3) is 10.0 Å². The number of carbonyl (C=O) groups is 3. The Bertz CT molecular complexity index is 2940. The highest BCUT2D eigenvalue weighted by Crippen LogP contribution is 2.30. The van der Waals surface area contributed by atoms with Crippen LogP contribution in [0.15, 0.2) is 76.6 Å². The molecular weight excluding hydrogens is 1010 g/mol. The van der Waals surface area contributed by atoms with Gasteiger partial charge >= 0.3 is 36.2 Å². The normalized spacial score (nSPS) is 11.4. The summed E-state index contributed by atoms with van der Waals surface area (Å²) in [6.45, 7) is 1.09. The number of aromatic nitrogens is 7. The number of hydrogen-bond acceptors (Lipinski definition) is 15. The molecular formula is C40H38Cl4F3N9O11S. The maximum atomic E-state index is 14.2. The summed E-state index contributed by atoms with van der Waals surface area (Å²) in [5, 5.41) is 14.6. The highest BCUT2D eigenvalue weighted by atomic mass is 35.5. The number of carboxylic acids is 1. The number of sulfonamides is 1. The first-order valence-corrected chi connectivity index (χ1v) is 22.4. The highest BCUT2D eigenvalue weighted by molar-refractivity contribution is 7.90. The molecule has 3 heterocycles. The zero-order chi connectivity index (χ0) is 50.3. The van der Waals surface area contributed by atoms with Crippen molar-refractivity contribution in [2.24, 2.45) is 0 Å². The molecule has 0 aliphatic rings. The predicted molar refractivity (Wildman–Crippen MR) is 242 cm³/mol. The van der Waals surface area contributed by atoms with Crippen molar-refractivity contribution in [3.05, 3.63) is 110 Å². The zero-order valence-electron chi connectivity index (χ0n) is 35.8. The second kappa shape index (κ2) is 25.1. The maximum absolute atomic E-state index is 14.2. The van der Waals surface area contributed by atoms with Gasteiger partial charge in [0.05, 0.1) is 24.6 Å². The minimum absolute atomic E-state index is 0.0181. The molecule has 0 saturated carbocycles. The molecule has 0 spiro atoms. The number of urea groups is 1. The van der Waals surface area contributed by atoms with E-state index in [-0.39, 0.29) is 80.6 Å². The standard InChI is InChI=1S/C15H14Cl2F3N3O3.C14H16ClN5O5S.C11H8ClNO3/c1-3-26-13(24)10(17)4-8-5-12(11(18)6-9(8)16)23-15(25)22(14(19)20)7(2)21-23;1-9-16-12(19-14(17-9)24-2)18-13(21)20-26(22,23)11-6-4-3-5-10(11)25-8-7-15;12-8-3-4-9(16-6-10(14)15)11-7(8)2-1-5-13-11/h5-6,10,14H,3-4H2,1-2H3;3-6H,7-8H2,1-2H3,(H2,16,17,18,19,20,21);1-5H,6H2,(H,14,15). The van der Waals surface area contributed by atoms with Gasteiger partial charge in [0.15, 0.2) is 12.4 Å². The number of rotatable bonds is 16. The molecule has 3 aromatic heterocycles. The van der Waals surface area contributed by atoms with Gasteiger partial charge in [0.2, 0.25) is 5.95 Å². The Labute approximate surface area is 404 Å². The van der Waals surface area contributed by atoms with Crippen molar-refractivity contribution in [3.8, 4) is 23.2 Å². The second-order valence-corrected chi connectivity index (χ2v) is 16.4. The molecule has 0 aliphatic heterocycles. The van der Waals surface area contributed by atoms with Gasteiger partial charge < -0.3 is 24.1 Å². The number of alkyl halides is 4. The summed E-state index contributed by atoms with van der Waals surface area (Å²) >= 11 is 23.4. The molecule has 3 N–H and O–H groups in total. The van der Waals surface area contributed by atoms with E-state index in [2.05, 4.69) is 30.4 Å². The number of carboxylic acid groups (broad SMARTS) is 1. The Balaban J connectivity index is 0.000000229. The number of methoxy groups -OCH3 is 1. The molecule has 2 amide bonds. The number of aliphatic carboxylic acids is 1. The highest BCUT2D eigenvalue weighted by Gasteiger charge is 2.25. The van der Waals surface area contributed by atoms with E-state index >= 15 is 0 Å². The Kier molecular flexibility index (Phi) is 19.9. The van der Waals surface area contributed by atoms with E-state index < -0.39 is 58.0 Å². The van der Waals surface area contributed by atoms with E-state index in [9.17, 15) is 40.8 Å². The first-order valence-electron chi connectivity index (χ1n) is 19.2. The minimum atomic E-state index is -4.20. The molecule has 28 heteroatoms. The van der Waals surface area contributed by atoms with Crippen molar-refractivity contribution in [2.45, 2.75) is 44.0 Å². The van der Waals surface area contributed by atoms with Crippen molar-refractivity contribution < 1.29 is 60.0 Å². The first kappa shape index (κ1) is 54.1. The first-order chi connectivity index (χ1) is 32.2. The molecule has 68 heavy (non-hydrogen) atoms. The summed E-state index contributed by atoms with van der Waals surface area (Å²) in [5.41, 5.74) is -0.800. The van der Waals surface area contributed by atoms with Crippen LogP contribution in [-0.2, 0) is 30.8 Å². The lowest BCUT2D eigenvalue weighted by molar-refractivity contribution is -0.142. The summed E-state index contributed by atoms with van der Waals surface area (Å²) in [7, 11) is -2.85. The molecule has 0 radical (unpaired) electrons. The zero-order valence-corrected chi connectivity index (χ0v) is 39.6. The number of hydrogen-bond donors (Lipinski definition) is 3. The molecule has 1 atom stereocenters. The van der Waals surface area contributed by atoms with Gasteiger partial charge in [0, 0.05) is 23.0 Å². The van der Waals surface area contributed by atoms with E-state index in [0.717, 1.165) is 17.5 Å². The second-order valence-electron chi connectivity index (χ2n) is 13.1. The maximum Gasteiger partial charge on any atom is 0.355 e. The van der Waals surface area contributed by atoms with Gasteiger partial charge in [-0.05, 0) is 74.9 Å². The minimum Gasteiger partial charge on any atom is -0.491 e. The number of benzene rings is 3. The van der Waals surface area contributed by atoms with E-state index in [1.165, 1.54) is 32.2 Å². The van der Waals surface area contributed by atoms with Gasteiger partial charge in [-0.2, -0.15) is 28.4 Å². The van der Waals surface area contributed by atoms with Crippen LogP contribution in [0.3, 0.4) is 0 Å². The molecule has 0 bridgehead atoms. The molecule has 0 aliphatic carbocycles. The third-order valence-corrected chi connectivity index (χ3v) is 10.9. The van der Waals surface area contributed by atoms with E-state index in [1.807, 2.05) is 4.72 Å². The van der Waals surface area contributed by atoms with Crippen LogP contribution in [0.1, 0.15) is 30.7 Å². The van der Waals surface area contributed by atoms with Gasteiger partial charge in [-0.25, -0.2) is 36.5 Å². The molecule has 0 saturated heterocycles. The fourth-order valence-electron chi connectivity index (χ4n) is 5.48. The topological polar surface area (TPSA) is 258 Å². The van der Waals surface area contributed by atoms with Crippen LogP contribution in [0.5, 0.6) is 17.5 Å². The number of para-hydroxylation sites is 1. The summed E-state index contributed by atoms with van der Waals surface area (Å²) < 4.78 is 87.5. The van der Waals surface area contributed by atoms with Gasteiger partial charge in [-0.15, -0.1) is 28.3 Å². The molecule has 364 valence electrons. The summed E-state index contributed by atoms with van der Waals surface area (Å²) in [4.78, 5) is 61.6. The SMILES string of the molecule is CCOC(=O)C(Cl)Cc1cc(-n2nc(C)n(C(F)F)c2=O)c(F)cc1Cl.COc1nc(C)nc(NC(=O)NS(=O)(=O)c2ccccc2OCCCl)n1.O=C(O)COc1ccc(Cl)c2cccnc12. The van der Waals surface area contributed by atoms with Gasteiger partial charge in [-0.3, -0.25) is 15.1 Å². The van der Waals surface area contributed by atoms with Crippen LogP contribution in [0, 0.1) is 19.7 Å². The molecule has 0 fully saturated rings. The van der Waals surface area contributed by atoms with Gasteiger partial charge in [-0.1, -0.05) is 35.3 Å². The van der Waals surface area contributed by atoms with E-state index in [0.29, 0.717) is 21.0 Å². The van der Waals surface area contributed by atoms with Crippen molar-refractivity contribution in [3.63, 3.8) is 0 Å². The molecule has 20 nitrogen and oxygen atoms in total. The van der Waals surface area contributed by atoms with Crippen molar-refractivity contribution in [2.75, 3.05) is 38.1 Å². The summed E-state index contributed by atoms with van der Waals surface area (Å²) in [6.07, 6.45) is 1.49. The number of pyridine rings is 1.